The third-order valence-corrected chi connectivity index (χ3v) is 3.30. The molecule has 2 aromatic carbocycles. The molecule has 0 aliphatic carbocycles. The Balaban J connectivity index is 1.91. The van der Waals surface area contributed by atoms with Gasteiger partial charge in [-0.3, -0.25) is 4.79 Å². The minimum Gasteiger partial charge on any atom is -0.489 e. The molecular formula is C17H17NO5. The lowest BCUT2D eigenvalue weighted by atomic mass is 10.1. The molecule has 0 radical (unpaired) electrons. The third kappa shape index (κ3) is 4.82. The van der Waals surface area contributed by atoms with Gasteiger partial charge in [0.25, 0.3) is 0 Å². The smallest absolute Gasteiger partial charge is 0.335 e. The Kier molecular flexibility index (Phi) is 5.32. The summed E-state index contributed by atoms with van der Waals surface area (Å²) in [7, 11) is 0. The molecule has 0 heterocycles. The highest BCUT2D eigenvalue weighted by atomic mass is 16.5. The Bertz CT molecular complexity index is 679. The number of rotatable bonds is 7. The predicted octanol–water partition coefficient (Wildman–Crippen LogP) is 1.92. The number of aromatic carboxylic acids is 1. The fraction of sp³-hybridized carbons (Fsp3) is 0.176. The topological polar surface area (TPSA) is 110 Å². The minimum atomic E-state index is -1.03. The molecule has 0 saturated carbocycles. The van der Waals surface area contributed by atoms with Crippen molar-refractivity contribution in [1.82, 2.24) is 0 Å². The van der Waals surface area contributed by atoms with Crippen LogP contribution in [0.4, 0.5) is 0 Å². The maximum absolute atomic E-state index is 10.8. The number of carboxylic acids is 2. The Hall–Kier alpha value is -2.86. The van der Waals surface area contributed by atoms with E-state index in [-0.39, 0.29) is 12.0 Å². The summed E-state index contributed by atoms with van der Waals surface area (Å²) < 4.78 is 5.60. The molecule has 120 valence electrons. The van der Waals surface area contributed by atoms with E-state index in [2.05, 4.69) is 0 Å². The molecule has 0 bridgehead atoms. The summed E-state index contributed by atoms with van der Waals surface area (Å²) in [6, 6.07) is 12.6. The first-order chi connectivity index (χ1) is 11.0. The standard InChI is InChI=1S/C17H17NO5/c18-15(17(21)22)9-11-3-7-14(8-4-11)23-10-12-1-5-13(6-2-12)16(19)20/h1-8,15H,9-10,18H2,(H,19,20)(H,21,22)/t15-/m0/s1. The first-order valence-electron chi connectivity index (χ1n) is 6.98. The fourth-order valence-corrected chi connectivity index (χ4v) is 1.97. The van der Waals surface area contributed by atoms with Crippen molar-refractivity contribution in [2.24, 2.45) is 5.73 Å². The summed E-state index contributed by atoms with van der Waals surface area (Å²) >= 11 is 0. The number of hydrogen-bond donors (Lipinski definition) is 3. The Morgan fingerprint density at radius 2 is 1.52 bits per heavy atom. The summed E-state index contributed by atoms with van der Waals surface area (Å²) in [6.07, 6.45) is 0.256. The van der Waals surface area contributed by atoms with Crippen LogP contribution in [-0.4, -0.2) is 28.2 Å². The number of aliphatic carboxylic acids is 1. The van der Waals surface area contributed by atoms with E-state index in [0.717, 1.165) is 11.1 Å². The normalized spacial score (nSPS) is 11.7. The van der Waals surface area contributed by atoms with Gasteiger partial charge in [-0.05, 0) is 41.8 Å². The molecule has 6 heteroatoms. The van der Waals surface area contributed by atoms with Crippen molar-refractivity contribution in [2.45, 2.75) is 19.1 Å². The van der Waals surface area contributed by atoms with Crippen molar-refractivity contribution in [3.05, 3.63) is 65.2 Å². The van der Waals surface area contributed by atoms with Gasteiger partial charge >= 0.3 is 11.9 Å². The van der Waals surface area contributed by atoms with Gasteiger partial charge < -0.3 is 20.7 Å². The predicted molar refractivity (Wildman–Crippen MR) is 83.5 cm³/mol. The van der Waals surface area contributed by atoms with Gasteiger partial charge in [0.1, 0.15) is 18.4 Å². The molecule has 0 spiro atoms. The molecule has 4 N–H and O–H groups in total. The zero-order valence-corrected chi connectivity index (χ0v) is 12.3. The lowest BCUT2D eigenvalue weighted by Gasteiger charge is -2.09. The molecule has 1 atom stereocenters. The number of nitrogens with two attached hydrogens (primary N) is 1. The summed E-state index contributed by atoms with van der Waals surface area (Å²) in [4.78, 5) is 21.5. The van der Waals surface area contributed by atoms with Crippen molar-refractivity contribution in [2.75, 3.05) is 0 Å². The second-order valence-electron chi connectivity index (χ2n) is 5.08. The molecular weight excluding hydrogens is 298 g/mol. The zero-order chi connectivity index (χ0) is 16.8. The van der Waals surface area contributed by atoms with Crippen LogP contribution in [0.5, 0.6) is 5.75 Å². The fourth-order valence-electron chi connectivity index (χ4n) is 1.97. The highest BCUT2D eigenvalue weighted by molar-refractivity contribution is 5.87. The molecule has 0 amide bonds. The van der Waals surface area contributed by atoms with Crippen LogP contribution in [0.2, 0.25) is 0 Å². The number of carbonyl (C=O) groups is 2. The maximum Gasteiger partial charge on any atom is 0.335 e. The van der Waals surface area contributed by atoms with E-state index in [4.69, 9.17) is 20.7 Å². The second-order valence-corrected chi connectivity index (χ2v) is 5.08. The largest absolute Gasteiger partial charge is 0.489 e. The van der Waals surface area contributed by atoms with Crippen molar-refractivity contribution in [3.8, 4) is 5.75 Å². The van der Waals surface area contributed by atoms with Gasteiger partial charge in [0.15, 0.2) is 0 Å². The Labute approximate surface area is 133 Å². The highest BCUT2D eigenvalue weighted by Crippen LogP contribution is 2.15. The first kappa shape index (κ1) is 16.5. The van der Waals surface area contributed by atoms with Gasteiger partial charge in [0, 0.05) is 0 Å². The number of carboxylic acid groups (broad SMARTS) is 2. The van der Waals surface area contributed by atoms with E-state index in [0.29, 0.717) is 12.4 Å². The highest BCUT2D eigenvalue weighted by Gasteiger charge is 2.11. The molecule has 23 heavy (non-hydrogen) atoms. The van der Waals surface area contributed by atoms with Crippen LogP contribution in [0.3, 0.4) is 0 Å². The van der Waals surface area contributed by atoms with E-state index < -0.39 is 18.0 Å². The first-order valence-corrected chi connectivity index (χ1v) is 6.98. The number of benzene rings is 2. The minimum absolute atomic E-state index is 0.230. The molecule has 6 nitrogen and oxygen atoms in total. The molecule has 0 aliphatic heterocycles. The van der Waals surface area contributed by atoms with Gasteiger partial charge in [-0.2, -0.15) is 0 Å². The van der Waals surface area contributed by atoms with Crippen LogP contribution in [0.15, 0.2) is 48.5 Å². The van der Waals surface area contributed by atoms with Crippen molar-refractivity contribution < 1.29 is 24.5 Å². The Morgan fingerprint density at radius 1 is 0.957 bits per heavy atom. The third-order valence-electron chi connectivity index (χ3n) is 3.30. The van der Waals surface area contributed by atoms with Gasteiger partial charge in [-0.25, -0.2) is 4.79 Å². The van der Waals surface area contributed by atoms with E-state index in [1.54, 1.807) is 36.4 Å². The van der Waals surface area contributed by atoms with Crippen molar-refractivity contribution >= 4 is 11.9 Å². The van der Waals surface area contributed by atoms with Crippen LogP contribution < -0.4 is 10.5 Å². The molecule has 2 aromatic rings. The summed E-state index contributed by atoms with van der Waals surface area (Å²) in [5.74, 6) is -1.36. The van der Waals surface area contributed by atoms with Crippen LogP contribution in [0, 0.1) is 0 Å². The SMILES string of the molecule is N[C@@H](Cc1ccc(OCc2ccc(C(=O)O)cc2)cc1)C(=O)O. The van der Waals surface area contributed by atoms with Crippen LogP contribution in [0.25, 0.3) is 0 Å². The number of hydrogen-bond acceptors (Lipinski definition) is 4. The summed E-state index contributed by atoms with van der Waals surface area (Å²) in [5, 5.41) is 17.6. The molecule has 0 unspecified atom stereocenters. The van der Waals surface area contributed by atoms with E-state index in [1.165, 1.54) is 12.1 Å². The summed E-state index contributed by atoms with van der Waals surface area (Å²) in [6.45, 7) is 0.313. The van der Waals surface area contributed by atoms with E-state index in [9.17, 15) is 9.59 Å². The van der Waals surface area contributed by atoms with E-state index >= 15 is 0 Å². The van der Waals surface area contributed by atoms with Crippen molar-refractivity contribution in [1.29, 1.82) is 0 Å². The molecule has 0 saturated heterocycles. The second kappa shape index (κ2) is 7.42. The summed E-state index contributed by atoms with van der Waals surface area (Å²) in [5.41, 5.74) is 7.38. The molecule has 0 fully saturated rings. The van der Waals surface area contributed by atoms with Gasteiger partial charge in [-0.1, -0.05) is 24.3 Å². The lowest BCUT2D eigenvalue weighted by Crippen LogP contribution is -2.32. The number of ether oxygens (including phenoxy) is 1. The lowest BCUT2D eigenvalue weighted by molar-refractivity contribution is -0.138. The Morgan fingerprint density at radius 3 is 2.04 bits per heavy atom. The molecule has 0 aromatic heterocycles. The van der Waals surface area contributed by atoms with Crippen molar-refractivity contribution in [3.63, 3.8) is 0 Å². The average molecular weight is 315 g/mol. The maximum atomic E-state index is 10.8. The van der Waals surface area contributed by atoms with Gasteiger partial charge in [-0.15, -0.1) is 0 Å². The molecule has 0 aliphatic rings. The van der Waals surface area contributed by atoms with Crippen LogP contribution in [-0.2, 0) is 17.8 Å². The average Bonchev–Trinajstić information content (AvgIpc) is 2.54. The van der Waals surface area contributed by atoms with E-state index in [1.807, 2.05) is 0 Å². The quantitative estimate of drug-likeness (QED) is 0.720. The van der Waals surface area contributed by atoms with Gasteiger partial charge in [0.2, 0.25) is 0 Å². The van der Waals surface area contributed by atoms with Crippen LogP contribution >= 0.6 is 0 Å². The van der Waals surface area contributed by atoms with Gasteiger partial charge in [0.05, 0.1) is 5.56 Å². The van der Waals surface area contributed by atoms with Crippen LogP contribution in [0.1, 0.15) is 21.5 Å². The monoisotopic (exact) mass is 315 g/mol. The molecule has 2 rings (SSSR count). The zero-order valence-electron chi connectivity index (χ0n) is 12.3.